The van der Waals surface area contributed by atoms with Crippen molar-refractivity contribution in [3.05, 3.63) is 80.0 Å². The highest BCUT2D eigenvalue weighted by Crippen LogP contribution is 2.30. The van der Waals surface area contributed by atoms with Gasteiger partial charge >= 0.3 is 0 Å². The lowest BCUT2D eigenvalue weighted by Gasteiger charge is -2.19. The van der Waals surface area contributed by atoms with Gasteiger partial charge in [0, 0.05) is 33.2 Å². The first-order valence-electron chi connectivity index (χ1n) is 11.3. The second kappa shape index (κ2) is 14.5. The summed E-state index contributed by atoms with van der Waals surface area (Å²) in [5, 5.41) is 6.10. The fourth-order valence-electron chi connectivity index (χ4n) is 2.91. The Balaban J connectivity index is 0.00000316. The molecule has 7 nitrogen and oxygen atoms in total. The minimum absolute atomic E-state index is 0. The van der Waals surface area contributed by atoms with E-state index in [-0.39, 0.29) is 8.76 Å². The molecule has 2 aromatic carbocycles. The molecule has 0 aliphatic carbocycles. The van der Waals surface area contributed by atoms with E-state index in [4.69, 9.17) is 9.72 Å². The summed E-state index contributed by atoms with van der Waals surface area (Å²) in [6.45, 7) is 11.8. The average Bonchev–Trinajstić information content (AvgIpc) is 2.90. The van der Waals surface area contributed by atoms with E-state index >= 15 is 0 Å². The monoisotopic (exact) mass is 495 g/mol. The SMILES string of the molecule is C=CCCOc1ccc(N(C)c2ncc(SC)c(Nc3cccc(NC(=O)C=C)c3)n2)cc1.CC.[HH].[HH]. The van der Waals surface area contributed by atoms with Crippen molar-refractivity contribution in [3.8, 4) is 5.75 Å². The molecule has 3 rings (SSSR count). The molecule has 0 aliphatic heterocycles. The van der Waals surface area contributed by atoms with E-state index in [0.717, 1.165) is 28.4 Å². The third-order valence-corrected chi connectivity index (χ3v) is 5.39. The number of anilines is 5. The third-order valence-electron chi connectivity index (χ3n) is 4.66. The lowest BCUT2D eigenvalue weighted by Crippen LogP contribution is -2.14. The summed E-state index contributed by atoms with van der Waals surface area (Å²) >= 11 is 1.55. The van der Waals surface area contributed by atoms with E-state index in [9.17, 15) is 4.79 Å². The quantitative estimate of drug-likeness (QED) is 0.125. The van der Waals surface area contributed by atoms with E-state index in [1.165, 1.54) is 6.08 Å². The van der Waals surface area contributed by atoms with Crippen LogP contribution in [-0.2, 0) is 4.79 Å². The number of thioether (sulfide) groups is 1. The van der Waals surface area contributed by atoms with Crippen LogP contribution in [0.5, 0.6) is 5.75 Å². The van der Waals surface area contributed by atoms with Gasteiger partial charge in [0.2, 0.25) is 11.9 Å². The van der Waals surface area contributed by atoms with Crippen LogP contribution in [0.3, 0.4) is 0 Å². The summed E-state index contributed by atoms with van der Waals surface area (Å²) in [4.78, 5) is 23.7. The standard InChI is InChI=1S/C25H27N5O2S.C2H6.2H2/c1-5-7-15-32-21-13-11-20(12-14-21)30(3)25-26-17-22(33-4)24(29-25)28-19-10-8-9-18(16-19)27-23(31)6-2;1-2;;/h5-6,8-14,16-17H,1-2,7,15H2,3-4H3,(H,27,31)(H,26,28,29);1-2H3;2*1H. The molecule has 0 saturated heterocycles. The van der Waals surface area contributed by atoms with Gasteiger partial charge in [-0.3, -0.25) is 4.79 Å². The van der Waals surface area contributed by atoms with Gasteiger partial charge in [0.25, 0.3) is 0 Å². The molecule has 0 saturated carbocycles. The van der Waals surface area contributed by atoms with Gasteiger partial charge < -0.3 is 20.3 Å². The Morgan fingerprint density at radius 2 is 1.89 bits per heavy atom. The Morgan fingerprint density at radius 3 is 2.54 bits per heavy atom. The van der Waals surface area contributed by atoms with Crippen molar-refractivity contribution in [2.75, 3.05) is 35.4 Å². The van der Waals surface area contributed by atoms with Crippen molar-refractivity contribution in [2.45, 2.75) is 25.2 Å². The van der Waals surface area contributed by atoms with E-state index in [2.05, 4.69) is 28.8 Å². The summed E-state index contributed by atoms with van der Waals surface area (Å²) in [6.07, 6.45) is 7.63. The molecule has 0 spiro atoms. The van der Waals surface area contributed by atoms with Crippen LogP contribution in [0.2, 0.25) is 0 Å². The van der Waals surface area contributed by atoms with Gasteiger partial charge in [-0.05, 0) is 61.2 Å². The smallest absolute Gasteiger partial charge is 0.247 e. The molecule has 2 N–H and O–H groups in total. The zero-order valence-electron chi connectivity index (χ0n) is 20.7. The molecule has 188 valence electrons. The molecule has 0 atom stereocenters. The predicted octanol–water partition coefficient (Wildman–Crippen LogP) is 7.31. The predicted molar refractivity (Wildman–Crippen MR) is 153 cm³/mol. The summed E-state index contributed by atoms with van der Waals surface area (Å²) in [5.41, 5.74) is 2.39. The Kier molecular flexibility index (Phi) is 11.4. The number of benzene rings is 2. The van der Waals surface area contributed by atoms with E-state index in [0.29, 0.717) is 24.1 Å². The molecular formula is C27H37N5O2S. The van der Waals surface area contributed by atoms with Crippen molar-refractivity contribution in [2.24, 2.45) is 0 Å². The van der Waals surface area contributed by atoms with E-state index < -0.39 is 0 Å². The second-order valence-corrected chi connectivity index (χ2v) is 7.81. The lowest BCUT2D eigenvalue weighted by molar-refractivity contribution is -0.111. The minimum atomic E-state index is -0.264. The number of hydrogen-bond donors (Lipinski definition) is 2. The second-order valence-electron chi connectivity index (χ2n) is 6.96. The number of carbonyl (C=O) groups excluding carboxylic acids is 1. The number of rotatable bonds is 11. The van der Waals surface area contributed by atoms with Gasteiger partial charge in [0.05, 0.1) is 11.5 Å². The zero-order chi connectivity index (χ0) is 25.6. The Labute approximate surface area is 215 Å². The fraction of sp³-hybridized carbons (Fsp3) is 0.222. The summed E-state index contributed by atoms with van der Waals surface area (Å²) in [7, 11) is 1.91. The van der Waals surface area contributed by atoms with Crippen LogP contribution in [0.15, 0.2) is 84.9 Å². The number of ether oxygens (including phenoxy) is 1. The van der Waals surface area contributed by atoms with Crippen LogP contribution < -0.4 is 20.3 Å². The highest BCUT2D eigenvalue weighted by Gasteiger charge is 2.12. The Hall–Kier alpha value is -3.78. The summed E-state index contributed by atoms with van der Waals surface area (Å²) in [5.74, 6) is 1.76. The first kappa shape index (κ1) is 27.5. The van der Waals surface area contributed by atoms with Crippen LogP contribution in [0, 0.1) is 0 Å². The van der Waals surface area contributed by atoms with Crippen LogP contribution >= 0.6 is 11.8 Å². The molecule has 0 aliphatic rings. The maximum absolute atomic E-state index is 11.6. The highest BCUT2D eigenvalue weighted by molar-refractivity contribution is 7.98. The lowest BCUT2D eigenvalue weighted by atomic mass is 10.2. The van der Waals surface area contributed by atoms with Crippen molar-refractivity contribution >= 4 is 46.5 Å². The molecule has 1 aromatic heterocycles. The van der Waals surface area contributed by atoms with Crippen molar-refractivity contribution < 1.29 is 12.4 Å². The maximum atomic E-state index is 11.6. The van der Waals surface area contributed by atoms with Gasteiger partial charge in [-0.25, -0.2) is 4.98 Å². The van der Waals surface area contributed by atoms with Gasteiger partial charge in [-0.15, -0.1) is 18.3 Å². The minimum Gasteiger partial charge on any atom is -0.493 e. The van der Waals surface area contributed by atoms with Gasteiger partial charge in [0.15, 0.2) is 0 Å². The van der Waals surface area contributed by atoms with Gasteiger partial charge in [0.1, 0.15) is 11.6 Å². The summed E-state index contributed by atoms with van der Waals surface area (Å²) < 4.78 is 5.68. The van der Waals surface area contributed by atoms with E-state index in [1.54, 1.807) is 18.0 Å². The zero-order valence-corrected chi connectivity index (χ0v) is 21.6. The van der Waals surface area contributed by atoms with Gasteiger partial charge in [-0.1, -0.05) is 32.6 Å². The largest absolute Gasteiger partial charge is 0.493 e. The number of nitrogens with zero attached hydrogens (tertiary/aromatic N) is 3. The Morgan fingerprint density at radius 1 is 1.17 bits per heavy atom. The molecule has 3 aromatic rings. The van der Waals surface area contributed by atoms with Crippen LogP contribution in [-0.4, -0.2) is 35.8 Å². The molecule has 0 bridgehead atoms. The molecule has 1 heterocycles. The highest BCUT2D eigenvalue weighted by atomic mass is 32.2. The van der Waals surface area contributed by atoms with Crippen LogP contribution in [0.4, 0.5) is 28.8 Å². The number of carbonyl (C=O) groups is 1. The number of aromatic nitrogens is 2. The third kappa shape index (κ3) is 8.19. The van der Waals surface area contributed by atoms with Crippen LogP contribution in [0.25, 0.3) is 0 Å². The molecule has 0 radical (unpaired) electrons. The molecule has 8 heteroatoms. The van der Waals surface area contributed by atoms with Crippen molar-refractivity contribution in [3.63, 3.8) is 0 Å². The van der Waals surface area contributed by atoms with Crippen molar-refractivity contribution in [1.82, 2.24) is 9.97 Å². The average molecular weight is 496 g/mol. The van der Waals surface area contributed by atoms with Gasteiger partial charge in [-0.2, -0.15) is 4.98 Å². The van der Waals surface area contributed by atoms with Crippen LogP contribution in [0.1, 0.15) is 23.1 Å². The molecule has 1 amide bonds. The molecular weight excluding hydrogens is 458 g/mol. The summed E-state index contributed by atoms with van der Waals surface area (Å²) in [6, 6.07) is 15.2. The normalized spacial score (nSPS) is 9.83. The number of hydrogen-bond acceptors (Lipinski definition) is 7. The van der Waals surface area contributed by atoms with E-state index in [1.807, 2.05) is 86.7 Å². The topological polar surface area (TPSA) is 79.4 Å². The molecule has 0 unspecified atom stereocenters. The number of amides is 1. The molecule has 35 heavy (non-hydrogen) atoms. The maximum Gasteiger partial charge on any atom is 0.247 e. The van der Waals surface area contributed by atoms with Crippen molar-refractivity contribution in [1.29, 1.82) is 0 Å². The molecule has 0 fully saturated rings. The first-order chi connectivity index (χ1) is 17.0. The fourth-order valence-corrected chi connectivity index (χ4v) is 3.36. The number of nitrogens with one attached hydrogen (secondary N) is 2. The first-order valence-corrected chi connectivity index (χ1v) is 12.6. The Bertz CT molecular complexity index is 1130.